The molecule has 0 saturated carbocycles. The minimum absolute atomic E-state index is 0.00197. The number of nitrogens with one attached hydrogen (secondary N) is 2. The number of likely N-dealkylation sites (tertiary alicyclic amines) is 1. The van der Waals surface area contributed by atoms with E-state index in [0.717, 1.165) is 13.1 Å². The van der Waals surface area contributed by atoms with Crippen LogP contribution in [0.1, 0.15) is 26.7 Å². The van der Waals surface area contributed by atoms with Crippen molar-refractivity contribution in [2.75, 3.05) is 37.4 Å². The highest BCUT2D eigenvalue weighted by atomic mass is 16.5. The molecule has 0 bridgehead atoms. The van der Waals surface area contributed by atoms with Crippen LogP contribution in [0.2, 0.25) is 0 Å². The molecule has 0 aromatic carbocycles. The number of aromatic nitrogens is 3. The Labute approximate surface area is 125 Å². The number of nitrogens with zero attached hydrogens (tertiary/aromatic N) is 4. The third kappa shape index (κ3) is 4.98. The second-order valence-electron chi connectivity index (χ2n) is 5.73. The molecule has 2 heterocycles. The molecule has 1 aromatic rings. The number of nitrogen functional groups attached to an aromatic ring is 1. The molecule has 21 heavy (non-hydrogen) atoms. The van der Waals surface area contributed by atoms with Gasteiger partial charge in [0.05, 0.1) is 6.10 Å². The van der Waals surface area contributed by atoms with Crippen LogP contribution in [0.25, 0.3) is 0 Å². The van der Waals surface area contributed by atoms with E-state index in [9.17, 15) is 0 Å². The molecule has 8 heteroatoms. The van der Waals surface area contributed by atoms with Crippen molar-refractivity contribution in [3.05, 3.63) is 0 Å². The summed E-state index contributed by atoms with van der Waals surface area (Å²) >= 11 is 0. The summed E-state index contributed by atoms with van der Waals surface area (Å²) in [7, 11) is 2.15. The van der Waals surface area contributed by atoms with Gasteiger partial charge in [0.25, 0.3) is 0 Å². The summed E-state index contributed by atoms with van der Waals surface area (Å²) in [5.74, 6) is 6.77. The lowest BCUT2D eigenvalue weighted by Crippen LogP contribution is -2.35. The summed E-state index contributed by atoms with van der Waals surface area (Å²) in [6.45, 7) is 6.94. The van der Waals surface area contributed by atoms with E-state index in [4.69, 9.17) is 10.6 Å². The Bertz CT molecular complexity index is 454. The SMILES string of the molecule is CC(C)Oc1nc(NN)nc(NCC2CCCN(C)C2)n1. The van der Waals surface area contributed by atoms with Crippen molar-refractivity contribution < 1.29 is 4.74 Å². The van der Waals surface area contributed by atoms with Crippen LogP contribution in [0.5, 0.6) is 6.01 Å². The number of anilines is 2. The van der Waals surface area contributed by atoms with Crippen molar-refractivity contribution >= 4 is 11.9 Å². The monoisotopic (exact) mass is 295 g/mol. The summed E-state index contributed by atoms with van der Waals surface area (Å²) < 4.78 is 5.50. The summed E-state index contributed by atoms with van der Waals surface area (Å²) in [4.78, 5) is 14.9. The Balaban J connectivity index is 1.97. The van der Waals surface area contributed by atoms with Gasteiger partial charge in [0.1, 0.15) is 0 Å². The third-order valence-electron chi connectivity index (χ3n) is 3.36. The Hall–Kier alpha value is -1.67. The van der Waals surface area contributed by atoms with Crippen LogP contribution in [-0.2, 0) is 0 Å². The zero-order valence-corrected chi connectivity index (χ0v) is 13.0. The number of hydrogen-bond acceptors (Lipinski definition) is 8. The second-order valence-corrected chi connectivity index (χ2v) is 5.73. The maximum Gasteiger partial charge on any atom is 0.323 e. The maximum atomic E-state index is 5.50. The zero-order chi connectivity index (χ0) is 15.2. The second kappa shape index (κ2) is 7.37. The molecule has 1 aliphatic rings. The van der Waals surface area contributed by atoms with Crippen molar-refractivity contribution in [1.29, 1.82) is 0 Å². The summed E-state index contributed by atoms with van der Waals surface area (Å²) in [5.41, 5.74) is 2.44. The van der Waals surface area contributed by atoms with Gasteiger partial charge in [0.15, 0.2) is 0 Å². The van der Waals surface area contributed by atoms with Gasteiger partial charge in [-0.15, -0.1) is 0 Å². The molecule has 1 unspecified atom stereocenters. The van der Waals surface area contributed by atoms with Gasteiger partial charge >= 0.3 is 6.01 Å². The molecule has 1 aliphatic heterocycles. The van der Waals surface area contributed by atoms with Gasteiger partial charge < -0.3 is 15.0 Å². The first-order valence-corrected chi connectivity index (χ1v) is 7.38. The van der Waals surface area contributed by atoms with E-state index in [-0.39, 0.29) is 12.1 Å². The van der Waals surface area contributed by atoms with Crippen LogP contribution in [0, 0.1) is 5.92 Å². The molecular formula is C13H25N7O. The highest BCUT2D eigenvalue weighted by Gasteiger charge is 2.17. The molecular weight excluding hydrogens is 270 g/mol. The van der Waals surface area contributed by atoms with Crippen molar-refractivity contribution in [3.8, 4) is 6.01 Å². The average Bonchev–Trinajstić information content (AvgIpc) is 2.44. The Morgan fingerprint density at radius 2 is 2.10 bits per heavy atom. The standard InChI is InChI=1S/C13H25N7O/c1-9(2)21-13-17-11(16-12(18-13)19-14)15-7-10-5-4-6-20(3)8-10/h9-10H,4-8,14H2,1-3H3,(H2,15,16,17,18,19). The fourth-order valence-corrected chi connectivity index (χ4v) is 2.44. The zero-order valence-electron chi connectivity index (χ0n) is 13.0. The number of hydrazine groups is 1. The molecule has 4 N–H and O–H groups in total. The first-order valence-electron chi connectivity index (χ1n) is 7.38. The summed E-state index contributed by atoms with van der Waals surface area (Å²) in [5, 5.41) is 3.26. The van der Waals surface area contributed by atoms with E-state index < -0.39 is 0 Å². The van der Waals surface area contributed by atoms with Gasteiger partial charge in [0.2, 0.25) is 11.9 Å². The summed E-state index contributed by atoms with van der Waals surface area (Å²) in [6, 6.07) is 0.274. The van der Waals surface area contributed by atoms with Gasteiger partial charge in [-0.25, -0.2) is 5.84 Å². The molecule has 8 nitrogen and oxygen atoms in total. The van der Waals surface area contributed by atoms with Gasteiger partial charge in [-0.1, -0.05) is 0 Å². The third-order valence-corrected chi connectivity index (χ3v) is 3.36. The number of nitrogens with two attached hydrogens (primary N) is 1. The lowest BCUT2D eigenvalue weighted by atomic mass is 9.99. The average molecular weight is 295 g/mol. The van der Waals surface area contributed by atoms with Gasteiger partial charge in [-0.05, 0) is 46.2 Å². The maximum absolute atomic E-state index is 5.50. The normalized spacial score (nSPS) is 19.6. The Morgan fingerprint density at radius 3 is 2.76 bits per heavy atom. The molecule has 1 fully saturated rings. The lowest BCUT2D eigenvalue weighted by Gasteiger charge is -2.29. The molecule has 2 rings (SSSR count). The van der Waals surface area contributed by atoms with E-state index >= 15 is 0 Å². The van der Waals surface area contributed by atoms with Crippen LogP contribution >= 0.6 is 0 Å². The van der Waals surface area contributed by atoms with Crippen molar-refractivity contribution in [1.82, 2.24) is 19.9 Å². The number of rotatable bonds is 6. The largest absolute Gasteiger partial charge is 0.461 e. The summed E-state index contributed by atoms with van der Waals surface area (Å²) in [6.07, 6.45) is 2.45. The van der Waals surface area contributed by atoms with Crippen LogP contribution in [0.15, 0.2) is 0 Å². The van der Waals surface area contributed by atoms with Crippen molar-refractivity contribution in [2.45, 2.75) is 32.8 Å². The van der Waals surface area contributed by atoms with E-state index in [0.29, 0.717) is 17.8 Å². The highest BCUT2D eigenvalue weighted by Crippen LogP contribution is 2.17. The lowest BCUT2D eigenvalue weighted by molar-refractivity contribution is 0.216. The van der Waals surface area contributed by atoms with Crippen LogP contribution in [0.3, 0.4) is 0 Å². The van der Waals surface area contributed by atoms with Gasteiger partial charge in [-0.2, -0.15) is 15.0 Å². The molecule has 1 aromatic heterocycles. The van der Waals surface area contributed by atoms with Crippen LogP contribution in [0.4, 0.5) is 11.9 Å². The van der Waals surface area contributed by atoms with Crippen LogP contribution in [-0.4, -0.2) is 52.6 Å². The molecule has 0 spiro atoms. The Kier molecular flexibility index (Phi) is 5.51. The van der Waals surface area contributed by atoms with Crippen molar-refractivity contribution in [2.24, 2.45) is 11.8 Å². The van der Waals surface area contributed by atoms with Gasteiger partial charge in [0, 0.05) is 13.1 Å². The minimum Gasteiger partial charge on any atom is -0.461 e. The molecule has 1 saturated heterocycles. The first-order chi connectivity index (χ1) is 10.1. The molecule has 0 aliphatic carbocycles. The fraction of sp³-hybridized carbons (Fsp3) is 0.769. The topological polar surface area (TPSA) is 101 Å². The molecule has 0 radical (unpaired) electrons. The molecule has 0 amide bonds. The van der Waals surface area contributed by atoms with E-state index in [1.54, 1.807) is 0 Å². The van der Waals surface area contributed by atoms with E-state index in [2.05, 4.69) is 37.6 Å². The molecule has 1 atom stereocenters. The Morgan fingerprint density at radius 1 is 1.33 bits per heavy atom. The fourth-order valence-electron chi connectivity index (χ4n) is 2.44. The smallest absolute Gasteiger partial charge is 0.323 e. The number of piperidine rings is 1. The molecule has 118 valence electrons. The predicted octanol–water partition coefficient (Wildman–Crippen LogP) is 0.698. The van der Waals surface area contributed by atoms with E-state index in [1.807, 2.05) is 13.8 Å². The van der Waals surface area contributed by atoms with Crippen molar-refractivity contribution in [3.63, 3.8) is 0 Å². The highest BCUT2D eigenvalue weighted by molar-refractivity contribution is 5.34. The first kappa shape index (κ1) is 15.7. The number of ether oxygens (including phenoxy) is 1. The van der Waals surface area contributed by atoms with E-state index in [1.165, 1.54) is 19.4 Å². The minimum atomic E-state index is -0.00197. The van der Waals surface area contributed by atoms with Gasteiger partial charge in [-0.3, -0.25) is 5.43 Å². The number of hydrogen-bond donors (Lipinski definition) is 3. The quantitative estimate of drug-likeness (QED) is 0.521. The predicted molar refractivity (Wildman–Crippen MR) is 82.1 cm³/mol. The van der Waals surface area contributed by atoms with Crippen LogP contribution < -0.4 is 21.3 Å².